The Morgan fingerprint density at radius 1 is 1.22 bits per heavy atom. The van der Waals surface area contributed by atoms with Crippen LogP contribution in [0.1, 0.15) is 46.1 Å². The Morgan fingerprint density at radius 3 is 2.72 bits per heavy atom. The molecule has 0 radical (unpaired) electrons. The molecule has 3 aromatic rings. The van der Waals surface area contributed by atoms with E-state index in [2.05, 4.69) is 9.88 Å². The van der Waals surface area contributed by atoms with E-state index >= 15 is 4.39 Å². The predicted molar refractivity (Wildman–Crippen MR) is 130 cm³/mol. The lowest BCUT2D eigenvalue weighted by Crippen LogP contribution is -2.46. The van der Waals surface area contributed by atoms with Gasteiger partial charge in [0.2, 0.25) is 5.43 Å². The van der Waals surface area contributed by atoms with Crippen molar-refractivity contribution in [2.24, 2.45) is 0 Å². The lowest BCUT2D eigenvalue weighted by Gasteiger charge is -2.37. The zero-order valence-corrected chi connectivity index (χ0v) is 20.0. The number of carboxylic acid groups (broad SMARTS) is 1. The highest BCUT2D eigenvalue weighted by molar-refractivity contribution is 5.93. The molecule has 1 saturated heterocycles. The van der Waals surface area contributed by atoms with Crippen molar-refractivity contribution in [2.45, 2.75) is 39.0 Å². The first kappa shape index (κ1) is 22.9. The average Bonchev–Trinajstić information content (AvgIpc) is 3.72. The first-order valence-corrected chi connectivity index (χ1v) is 12.2. The van der Waals surface area contributed by atoms with Crippen LogP contribution < -0.4 is 15.1 Å². The highest BCUT2D eigenvalue weighted by Crippen LogP contribution is 2.38. The lowest BCUT2D eigenvalue weighted by atomic mass is 10.1. The molecule has 9 nitrogen and oxygen atoms in total. The van der Waals surface area contributed by atoms with Gasteiger partial charge in [-0.15, -0.1) is 0 Å². The summed E-state index contributed by atoms with van der Waals surface area (Å²) in [6.07, 6.45) is 5.12. The van der Waals surface area contributed by atoms with Crippen LogP contribution in [0.25, 0.3) is 10.9 Å². The number of rotatable bonds is 5. The molecule has 0 spiro atoms. The van der Waals surface area contributed by atoms with Crippen LogP contribution in [0.15, 0.2) is 29.3 Å². The van der Waals surface area contributed by atoms with E-state index in [4.69, 9.17) is 9.47 Å². The molecule has 2 aliphatic heterocycles. The molecule has 6 rings (SSSR count). The summed E-state index contributed by atoms with van der Waals surface area (Å²) in [5.74, 6) is -0.993. The maximum Gasteiger partial charge on any atom is 0.341 e. The molecule has 2 fully saturated rings. The van der Waals surface area contributed by atoms with E-state index in [1.807, 2.05) is 22.6 Å². The summed E-state index contributed by atoms with van der Waals surface area (Å²) < 4.78 is 28.2. The number of pyridine rings is 2. The number of piperazine rings is 1. The van der Waals surface area contributed by atoms with E-state index < -0.39 is 17.2 Å². The number of aromatic carboxylic acids is 1. The van der Waals surface area contributed by atoms with Gasteiger partial charge >= 0.3 is 5.97 Å². The molecule has 0 atom stereocenters. The quantitative estimate of drug-likeness (QED) is 0.578. The Bertz CT molecular complexity index is 1430. The Morgan fingerprint density at radius 2 is 2.00 bits per heavy atom. The Labute approximate surface area is 206 Å². The second kappa shape index (κ2) is 8.86. The van der Waals surface area contributed by atoms with Crippen molar-refractivity contribution in [3.05, 3.63) is 63.0 Å². The van der Waals surface area contributed by atoms with E-state index in [1.165, 1.54) is 12.3 Å². The maximum atomic E-state index is 15.2. The predicted octanol–water partition coefficient (Wildman–Crippen LogP) is 3.07. The number of anilines is 1. The summed E-state index contributed by atoms with van der Waals surface area (Å²) in [4.78, 5) is 33.1. The minimum Gasteiger partial charge on any atom is -0.477 e. The number of aromatic nitrogens is 2. The SMILES string of the molecule is Cc1ncc(CN2CCN(c3cc4c(cc3F)c(=O)c(C(=O)O)cn4C3CC3)CC2)c2c1OCOC2. The first-order valence-electron chi connectivity index (χ1n) is 12.2. The molecular formula is C26H27FN4O5. The normalized spacial score (nSPS) is 18.2. The van der Waals surface area contributed by atoms with Gasteiger partial charge in [-0.3, -0.25) is 14.7 Å². The molecule has 1 aromatic carbocycles. The van der Waals surface area contributed by atoms with Gasteiger partial charge in [0.15, 0.2) is 6.79 Å². The number of nitrogens with zero attached hydrogens (tertiary/aromatic N) is 4. The Kier molecular flexibility index (Phi) is 5.65. The van der Waals surface area contributed by atoms with Gasteiger partial charge in [0.25, 0.3) is 0 Å². The third-order valence-electron chi connectivity index (χ3n) is 7.32. The zero-order valence-electron chi connectivity index (χ0n) is 20.0. The largest absolute Gasteiger partial charge is 0.477 e. The number of ether oxygens (including phenoxy) is 2. The van der Waals surface area contributed by atoms with Gasteiger partial charge in [-0.25, -0.2) is 9.18 Å². The van der Waals surface area contributed by atoms with E-state index in [1.54, 1.807) is 6.07 Å². The number of halogens is 1. The van der Waals surface area contributed by atoms with E-state index in [0.29, 0.717) is 37.4 Å². The second-order valence-electron chi connectivity index (χ2n) is 9.69. The van der Waals surface area contributed by atoms with Crippen molar-refractivity contribution in [3.8, 4) is 5.75 Å². The topological polar surface area (TPSA) is 97.1 Å². The summed E-state index contributed by atoms with van der Waals surface area (Å²) in [7, 11) is 0. The summed E-state index contributed by atoms with van der Waals surface area (Å²) in [5.41, 5.74) is 3.03. The molecule has 1 saturated carbocycles. The van der Waals surface area contributed by atoms with Crippen LogP contribution >= 0.6 is 0 Å². The van der Waals surface area contributed by atoms with E-state index in [9.17, 15) is 14.7 Å². The summed E-state index contributed by atoms with van der Waals surface area (Å²) in [5, 5.41) is 9.56. The smallest absolute Gasteiger partial charge is 0.341 e. The number of fused-ring (bicyclic) bond motifs is 2. The minimum absolute atomic E-state index is 0.114. The maximum absolute atomic E-state index is 15.2. The number of carbonyl (C=O) groups is 1. The third-order valence-corrected chi connectivity index (χ3v) is 7.32. The molecule has 4 heterocycles. The molecule has 3 aliphatic rings. The molecule has 0 unspecified atom stereocenters. The molecule has 10 heteroatoms. The van der Waals surface area contributed by atoms with Crippen LogP contribution in [-0.4, -0.2) is 58.5 Å². The molecule has 36 heavy (non-hydrogen) atoms. The molecule has 0 bridgehead atoms. The van der Waals surface area contributed by atoms with Crippen molar-refractivity contribution in [1.29, 1.82) is 0 Å². The van der Waals surface area contributed by atoms with Gasteiger partial charge in [-0.1, -0.05) is 0 Å². The van der Waals surface area contributed by atoms with Crippen molar-refractivity contribution in [2.75, 3.05) is 37.9 Å². The van der Waals surface area contributed by atoms with Crippen molar-refractivity contribution in [1.82, 2.24) is 14.5 Å². The van der Waals surface area contributed by atoms with Crippen LogP contribution in [0.3, 0.4) is 0 Å². The number of carboxylic acids is 1. The van der Waals surface area contributed by atoms with Crippen LogP contribution in [-0.2, 0) is 17.9 Å². The summed E-state index contributed by atoms with van der Waals surface area (Å²) >= 11 is 0. The fourth-order valence-corrected chi connectivity index (χ4v) is 5.20. The minimum atomic E-state index is -1.29. The molecular weight excluding hydrogens is 467 g/mol. The number of hydrogen-bond acceptors (Lipinski definition) is 7. The van der Waals surface area contributed by atoms with Crippen molar-refractivity contribution >= 4 is 22.6 Å². The van der Waals surface area contributed by atoms with E-state index in [0.717, 1.165) is 48.5 Å². The monoisotopic (exact) mass is 494 g/mol. The van der Waals surface area contributed by atoms with Gasteiger partial charge in [-0.2, -0.15) is 0 Å². The Balaban J connectivity index is 1.24. The van der Waals surface area contributed by atoms with Crippen molar-refractivity contribution in [3.63, 3.8) is 0 Å². The van der Waals surface area contributed by atoms with Crippen LogP contribution in [0.2, 0.25) is 0 Å². The third kappa shape index (κ3) is 4.00. The molecule has 0 amide bonds. The zero-order chi connectivity index (χ0) is 25.0. The highest BCUT2D eigenvalue weighted by Gasteiger charge is 2.29. The Hall–Kier alpha value is -3.50. The fourth-order valence-electron chi connectivity index (χ4n) is 5.20. The number of hydrogen-bond donors (Lipinski definition) is 1. The molecule has 1 N–H and O–H groups in total. The lowest BCUT2D eigenvalue weighted by molar-refractivity contribution is -0.0180. The van der Waals surface area contributed by atoms with Gasteiger partial charge in [0.05, 0.1) is 23.5 Å². The standard InChI is InChI=1S/C26H27FN4O5/c1-15-25-20(13-35-14-36-25)16(10-28-15)11-29-4-6-30(7-5-29)23-9-22-18(8-21(23)27)24(32)19(26(33)34)12-31(22)17-2-3-17/h8-10,12,17H,2-7,11,13-14H2,1H3,(H,33,34). The molecule has 1 aliphatic carbocycles. The van der Waals surface area contributed by atoms with Gasteiger partial charge in [-0.05, 0) is 37.5 Å². The van der Waals surface area contributed by atoms with Crippen LogP contribution in [0.4, 0.5) is 10.1 Å². The van der Waals surface area contributed by atoms with Gasteiger partial charge in [0, 0.05) is 62.1 Å². The molecule has 2 aromatic heterocycles. The number of aryl methyl sites for hydroxylation is 1. The number of benzene rings is 1. The second-order valence-corrected chi connectivity index (χ2v) is 9.69. The molecule has 188 valence electrons. The van der Waals surface area contributed by atoms with Crippen LogP contribution in [0, 0.1) is 12.7 Å². The summed E-state index contributed by atoms with van der Waals surface area (Å²) in [6, 6.07) is 3.05. The highest BCUT2D eigenvalue weighted by atomic mass is 19.1. The van der Waals surface area contributed by atoms with Gasteiger partial charge in [0.1, 0.15) is 17.1 Å². The fraction of sp³-hybridized carbons (Fsp3) is 0.423. The summed E-state index contributed by atoms with van der Waals surface area (Å²) in [6.45, 7) is 6.08. The van der Waals surface area contributed by atoms with Crippen LogP contribution in [0.5, 0.6) is 5.75 Å². The van der Waals surface area contributed by atoms with Crippen molar-refractivity contribution < 1.29 is 23.8 Å². The van der Waals surface area contributed by atoms with E-state index in [-0.39, 0.29) is 23.8 Å². The van der Waals surface area contributed by atoms with Gasteiger partial charge < -0.3 is 24.0 Å². The first-order chi connectivity index (χ1) is 17.4. The average molecular weight is 495 g/mol.